The van der Waals surface area contributed by atoms with Crippen LogP contribution in [0, 0.1) is 0 Å². The summed E-state index contributed by atoms with van der Waals surface area (Å²) in [5, 5.41) is 14.4. The summed E-state index contributed by atoms with van der Waals surface area (Å²) < 4.78 is 5.21. The lowest BCUT2D eigenvalue weighted by atomic mass is 10.1. The number of fused-ring (bicyclic) bond motifs is 1. The van der Waals surface area contributed by atoms with E-state index in [-0.39, 0.29) is 5.75 Å². The van der Waals surface area contributed by atoms with Crippen molar-refractivity contribution >= 4 is 11.0 Å². The van der Waals surface area contributed by atoms with Crippen molar-refractivity contribution in [2.24, 2.45) is 0 Å². The molecule has 1 aromatic heterocycles. The summed E-state index contributed by atoms with van der Waals surface area (Å²) in [5.41, 5.74) is 2.36. The monoisotopic (exact) mass is 211 g/mol. The third kappa shape index (κ3) is 1.34. The first-order chi connectivity index (χ1) is 7.84. The van der Waals surface area contributed by atoms with Crippen LogP contribution in [0.25, 0.3) is 22.2 Å². The largest absolute Gasteiger partial charge is 0.508 e. The lowest BCUT2D eigenvalue weighted by Gasteiger charge is -1.97. The number of nitrogens with zero attached hydrogens (tertiary/aromatic N) is 1. The van der Waals surface area contributed by atoms with Crippen LogP contribution in [0.4, 0.5) is 0 Å². The predicted molar refractivity (Wildman–Crippen MR) is 61.1 cm³/mol. The van der Waals surface area contributed by atoms with E-state index in [9.17, 15) is 5.11 Å². The van der Waals surface area contributed by atoms with Crippen LogP contribution in [0.1, 0.15) is 0 Å². The van der Waals surface area contributed by atoms with Gasteiger partial charge in [0, 0.05) is 10.9 Å². The molecule has 3 nitrogen and oxygen atoms in total. The molecule has 78 valence electrons. The molecule has 0 unspecified atom stereocenters. The van der Waals surface area contributed by atoms with E-state index in [1.807, 2.05) is 30.3 Å². The average molecular weight is 211 g/mol. The maximum absolute atomic E-state index is 9.43. The molecule has 0 amide bonds. The van der Waals surface area contributed by atoms with E-state index >= 15 is 0 Å². The van der Waals surface area contributed by atoms with E-state index in [4.69, 9.17) is 4.52 Å². The normalized spacial score (nSPS) is 10.8. The highest BCUT2D eigenvalue weighted by molar-refractivity contribution is 5.91. The molecule has 0 radical (unpaired) electrons. The zero-order valence-corrected chi connectivity index (χ0v) is 8.42. The summed E-state index contributed by atoms with van der Waals surface area (Å²) in [6.45, 7) is 0. The molecule has 3 aromatic rings. The van der Waals surface area contributed by atoms with Crippen molar-refractivity contribution in [1.82, 2.24) is 5.16 Å². The predicted octanol–water partition coefficient (Wildman–Crippen LogP) is 3.20. The minimum Gasteiger partial charge on any atom is -0.508 e. The van der Waals surface area contributed by atoms with Crippen molar-refractivity contribution in [3.8, 4) is 17.0 Å². The highest BCUT2D eigenvalue weighted by Gasteiger charge is 2.09. The Labute approximate surface area is 91.9 Å². The maximum atomic E-state index is 9.43. The van der Waals surface area contributed by atoms with Crippen molar-refractivity contribution < 1.29 is 9.63 Å². The summed E-state index contributed by atoms with van der Waals surface area (Å²) in [6.07, 6.45) is 0. The van der Waals surface area contributed by atoms with Gasteiger partial charge in [-0.2, -0.15) is 0 Å². The molecule has 3 rings (SSSR count). The summed E-state index contributed by atoms with van der Waals surface area (Å²) in [4.78, 5) is 0. The number of hydrogen-bond donors (Lipinski definition) is 1. The number of aromatic nitrogens is 1. The lowest BCUT2D eigenvalue weighted by Crippen LogP contribution is -1.77. The van der Waals surface area contributed by atoms with Crippen molar-refractivity contribution in [2.45, 2.75) is 0 Å². The lowest BCUT2D eigenvalue weighted by molar-refractivity contribution is 0.459. The minimum absolute atomic E-state index is 0.226. The Hall–Kier alpha value is -2.29. The quantitative estimate of drug-likeness (QED) is 0.672. The van der Waals surface area contributed by atoms with E-state index in [1.165, 1.54) is 0 Å². The Morgan fingerprint density at radius 3 is 2.75 bits per heavy atom. The number of rotatable bonds is 1. The van der Waals surface area contributed by atoms with Crippen LogP contribution >= 0.6 is 0 Å². The molecule has 16 heavy (non-hydrogen) atoms. The molecule has 0 spiro atoms. The number of phenols is 1. The Morgan fingerprint density at radius 2 is 1.88 bits per heavy atom. The third-order valence-corrected chi connectivity index (χ3v) is 2.50. The number of hydrogen-bond acceptors (Lipinski definition) is 3. The zero-order valence-electron chi connectivity index (χ0n) is 8.42. The van der Waals surface area contributed by atoms with E-state index in [0.29, 0.717) is 0 Å². The smallest absolute Gasteiger partial charge is 0.167 e. The molecule has 0 bridgehead atoms. The van der Waals surface area contributed by atoms with E-state index < -0.39 is 0 Å². The molecular weight excluding hydrogens is 202 g/mol. The Balaban J connectivity index is 2.26. The van der Waals surface area contributed by atoms with Crippen LogP contribution in [-0.2, 0) is 0 Å². The van der Waals surface area contributed by atoms with Crippen LogP contribution in [-0.4, -0.2) is 10.3 Å². The minimum atomic E-state index is 0.226. The van der Waals surface area contributed by atoms with Gasteiger partial charge in [-0.25, -0.2) is 0 Å². The molecule has 0 aliphatic heterocycles. The van der Waals surface area contributed by atoms with Crippen molar-refractivity contribution in [3.05, 3.63) is 48.5 Å². The zero-order chi connectivity index (χ0) is 11.0. The third-order valence-electron chi connectivity index (χ3n) is 2.50. The molecule has 0 saturated carbocycles. The molecule has 0 aliphatic rings. The van der Waals surface area contributed by atoms with Crippen LogP contribution in [0.3, 0.4) is 0 Å². The Morgan fingerprint density at radius 1 is 1.00 bits per heavy atom. The van der Waals surface area contributed by atoms with E-state index in [2.05, 4.69) is 5.16 Å². The van der Waals surface area contributed by atoms with Gasteiger partial charge in [-0.3, -0.25) is 0 Å². The standard InChI is InChI=1S/C13H9NO2/c15-10-5-3-4-9(8-10)13-11-6-1-2-7-12(11)16-14-13/h1-8,15H. The fourth-order valence-electron chi connectivity index (χ4n) is 1.75. The van der Waals surface area contributed by atoms with Crippen LogP contribution < -0.4 is 0 Å². The van der Waals surface area contributed by atoms with Gasteiger partial charge >= 0.3 is 0 Å². The second-order valence-corrected chi connectivity index (χ2v) is 3.58. The van der Waals surface area contributed by atoms with Gasteiger partial charge in [0.05, 0.1) is 0 Å². The van der Waals surface area contributed by atoms with Crippen molar-refractivity contribution in [3.63, 3.8) is 0 Å². The van der Waals surface area contributed by atoms with Gasteiger partial charge in [-0.05, 0) is 24.3 Å². The topological polar surface area (TPSA) is 46.3 Å². The average Bonchev–Trinajstić information content (AvgIpc) is 2.72. The van der Waals surface area contributed by atoms with Gasteiger partial charge in [0.15, 0.2) is 5.58 Å². The van der Waals surface area contributed by atoms with Gasteiger partial charge < -0.3 is 9.63 Å². The highest BCUT2D eigenvalue weighted by atomic mass is 16.5. The van der Waals surface area contributed by atoms with Gasteiger partial charge in [0.2, 0.25) is 0 Å². The summed E-state index contributed by atoms with van der Waals surface area (Å²) >= 11 is 0. The number of para-hydroxylation sites is 1. The number of aromatic hydroxyl groups is 1. The molecule has 1 N–H and O–H groups in total. The molecule has 3 heteroatoms. The molecule has 0 atom stereocenters. The molecular formula is C13H9NO2. The van der Waals surface area contributed by atoms with Crippen LogP contribution in [0.2, 0.25) is 0 Å². The SMILES string of the molecule is Oc1cccc(-c2noc3ccccc23)c1. The first kappa shape index (κ1) is 8.97. The van der Waals surface area contributed by atoms with Gasteiger partial charge in [-0.15, -0.1) is 0 Å². The second-order valence-electron chi connectivity index (χ2n) is 3.58. The van der Waals surface area contributed by atoms with Crippen LogP contribution in [0.5, 0.6) is 5.75 Å². The van der Waals surface area contributed by atoms with E-state index in [1.54, 1.807) is 18.2 Å². The van der Waals surface area contributed by atoms with Crippen molar-refractivity contribution in [2.75, 3.05) is 0 Å². The molecule has 0 aliphatic carbocycles. The Bertz CT molecular complexity index is 643. The fraction of sp³-hybridized carbons (Fsp3) is 0. The summed E-state index contributed by atoms with van der Waals surface area (Å²) in [5.74, 6) is 0.226. The summed E-state index contributed by atoms with van der Waals surface area (Å²) in [7, 11) is 0. The van der Waals surface area contributed by atoms with Gasteiger partial charge in [0.25, 0.3) is 0 Å². The van der Waals surface area contributed by atoms with Gasteiger partial charge in [0.1, 0.15) is 11.4 Å². The fourth-order valence-corrected chi connectivity index (χ4v) is 1.75. The maximum Gasteiger partial charge on any atom is 0.167 e. The van der Waals surface area contributed by atoms with Crippen LogP contribution in [0.15, 0.2) is 53.1 Å². The molecule has 0 saturated heterocycles. The first-order valence-corrected chi connectivity index (χ1v) is 4.98. The molecule has 0 fully saturated rings. The first-order valence-electron chi connectivity index (χ1n) is 4.98. The second kappa shape index (κ2) is 3.38. The van der Waals surface area contributed by atoms with E-state index in [0.717, 1.165) is 22.2 Å². The summed E-state index contributed by atoms with van der Waals surface area (Å²) in [6, 6.07) is 14.6. The molecule has 2 aromatic carbocycles. The number of benzene rings is 2. The number of phenolic OH excluding ortho intramolecular Hbond substituents is 1. The van der Waals surface area contributed by atoms with Gasteiger partial charge in [-0.1, -0.05) is 29.4 Å². The molecule has 1 heterocycles. The highest BCUT2D eigenvalue weighted by Crippen LogP contribution is 2.29. The Kier molecular flexibility index (Phi) is 1.90. The van der Waals surface area contributed by atoms with Crippen molar-refractivity contribution in [1.29, 1.82) is 0 Å².